The number of rotatable bonds is 6. The largest absolute Gasteiger partial charge is 0.356 e. The molecule has 0 fully saturated rings. The molecule has 3 heterocycles. The van der Waals surface area contributed by atoms with Crippen LogP contribution < -0.4 is 16.3 Å². The van der Waals surface area contributed by atoms with E-state index in [0.717, 1.165) is 10.6 Å². The lowest BCUT2D eigenvalue weighted by Gasteiger charge is -2.23. The summed E-state index contributed by atoms with van der Waals surface area (Å²) in [5.41, 5.74) is 1.18. The molecule has 2 amide bonds. The monoisotopic (exact) mass is 397 g/mol. The Morgan fingerprint density at radius 1 is 1.18 bits per heavy atom. The smallest absolute Gasteiger partial charge is 0.350 e. The van der Waals surface area contributed by atoms with Crippen LogP contribution in [-0.4, -0.2) is 37.8 Å². The maximum atomic E-state index is 12.2. The van der Waals surface area contributed by atoms with Crippen molar-refractivity contribution >= 4 is 34.9 Å². The molecule has 1 atom stereocenters. The molecule has 0 aliphatic carbocycles. The Morgan fingerprint density at radius 2 is 2.00 bits per heavy atom. The molecule has 1 aliphatic heterocycles. The van der Waals surface area contributed by atoms with E-state index in [1.807, 2.05) is 30.3 Å². The summed E-state index contributed by atoms with van der Waals surface area (Å²) < 4.78 is 2.87. The zero-order valence-electron chi connectivity index (χ0n) is 15.0. The van der Waals surface area contributed by atoms with Crippen LogP contribution in [0.15, 0.2) is 58.4 Å². The van der Waals surface area contributed by atoms with Crippen molar-refractivity contribution in [1.29, 1.82) is 0 Å². The van der Waals surface area contributed by atoms with Gasteiger partial charge in [-0.05, 0) is 30.7 Å². The molecular formula is C19H19N5O3S. The summed E-state index contributed by atoms with van der Waals surface area (Å²) in [4.78, 5) is 37.5. The Balaban J connectivity index is 1.26. The zero-order valence-corrected chi connectivity index (χ0v) is 15.8. The van der Waals surface area contributed by atoms with E-state index in [1.54, 1.807) is 18.3 Å². The van der Waals surface area contributed by atoms with Gasteiger partial charge in [-0.15, -0.1) is 16.9 Å². The second-order valence-corrected chi connectivity index (χ2v) is 7.68. The molecule has 4 rings (SSSR count). The van der Waals surface area contributed by atoms with Gasteiger partial charge >= 0.3 is 5.69 Å². The first-order valence-electron chi connectivity index (χ1n) is 8.99. The molecule has 1 aromatic carbocycles. The van der Waals surface area contributed by atoms with Gasteiger partial charge in [-0.2, -0.15) is 0 Å². The number of benzene rings is 1. The number of fused-ring (bicyclic) bond motifs is 2. The number of carbonyl (C=O) groups is 2. The molecule has 0 saturated heterocycles. The van der Waals surface area contributed by atoms with E-state index in [9.17, 15) is 14.4 Å². The number of nitrogens with one attached hydrogen (secondary N) is 2. The van der Waals surface area contributed by atoms with Crippen LogP contribution in [0, 0.1) is 0 Å². The van der Waals surface area contributed by atoms with Crippen molar-refractivity contribution < 1.29 is 9.59 Å². The lowest BCUT2D eigenvalue weighted by molar-refractivity contribution is -0.124. The predicted molar refractivity (Wildman–Crippen MR) is 106 cm³/mol. The first kappa shape index (κ1) is 18.3. The lowest BCUT2D eigenvalue weighted by Crippen LogP contribution is -2.35. The minimum Gasteiger partial charge on any atom is -0.356 e. The molecule has 1 unspecified atom stereocenters. The summed E-state index contributed by atoms with van der Waals surface area (Å²) >= 11 is 1.40. The molecule has 2 N–H and O–H groups in total. The number of nitrogens with zero attached hydrogens (tertiary/aromatic N) is 3. The van der Waals surface area contributed by atoms with Crippen LogP contribution in [0.5, 0.6) is 0 Å². The Bertz CT molecular complexity index is 1090. The number of aryl methyl sites for hydroxylation is 1. The van der Waals surface area contributed by atoms with Gasteiger partial charge in [0.1, 0.15) is 0 Å². The maximum absolute atomic E-state index is 12.2. The molecule has 8 nitrogen and oxygen atoms in total. The molecular weight excluding hydrogens is 378 g/mol. The van der Waals surface area contributed by atoms with E-state index in [0.29, 0.717) is 25.2 Å². The first-order valence-corrected chi connectivity index (χ1v) is 9.87. The summed E-state index contributed by atoms with van der Waals surface area (Å²) in [5, 5.41) is 9.45. The van der Waals surface area contributed by atoms with Gasteiger partial charge in [-0.1, -0.05) is 18.2 Å². The van der Waals surface area contributed by atoms with Crippen LogP contribution in [0.2, 0.25) is 0 Å². The lowest BCUT2D eigenvalue weighted by atomic mass is 10.2. The summed E-state index contributed by atoms with van der Waals surface area (Å²) in [7, 11) is 0. The summed E-state index contributed by atoms with van der Waals surface area (Å²) in [6, 6.07) is 12.9. The maximum Gasteiger partial charge on any atom is 0.350 e. The quantitative estimate of drug-likeness (QED) is 0.615. The predicted octanol–water partition coefficient (Wildman–Crippen LogP) is 1.51. The van der Waals surface area contributed by atoms with Crippen molar-refractivity contribution in [3.63, 3.8) is 0 Å². The van der Waals surface area contributed by atoms with Crippen LogP contribution in [0.25, 0.3) is 5.65 Å². The van der Waals surface area contributed by atoms with Crippen molar-refractivity contribution in [3.8, 4) is 0 Å². The highest BCUT2D eigenvalue weighted by Crippen LogP contribution is 2.36. The highest BCUT2D eigenvalue weighted by Gasteiger charge is 2.28. The fourth-order valence-corrected chi connectivity index (χ4v) is 4.15. The Kier molecular flexibility index (Phi) is 5.16. The van der Waals surface area contributed by atoms with Gasteiger partial charge in [0.05, 0.1) is 10.9 Å². The average Bonchev–Trinajstić information content (AvgIpc) is 3.02. The fourth-order valence-electron chi connectivity index (χ4n) is 3.04. The van der Waals surface area contributed by atoms with Crippen molar-refractivity contribution in [1.82, 2.24) is 19.5 Å². The van der Waals surface area contributed by atoms with E-state index in [-0.39, 0.29) is 23.9 Å². The van der Waals surface area contributed by atoms with E-state index in [4.69, 9.17) is 0 Å². The fraction of sp³-hybridized carbons (Fsp3) is 0.263. The molecule has 2 aromatic heterocycles. The van der Waals surface area contributed by atoms with Crippen molar-refractivity contribution in [2.24, 2.45) is 0 Å². The third-order valence-electron chi connectivity index (χ3n) is 4.43. The van der Waals surface area contributed by atoms with E-state index in [1.165, 1.54) is 20.8 Å². The first-order chi connectivity index (χ1) is 13.6. The minimum atomic E-state index is -0.448. The third kappa shape index (κ3) is 3.79. The zero-order chi connectivity index (χ0) is 19.5. The normalized spacial score (nSPS) is 15.9. The van der Waals surface area contributed by atoms with Gasteiger partial charge < -0.3 is 10.6 Å². The molecule has 144 valence electrons. The summed E-state index contributed by atoms with van der Waals surface area (Å²) in [5.74, 6) is -0.343. The van der Waals surface area contributed by atoms with Crippen LogP contribution in [0.4, 0.5) is 5.69 Å². The van der Waals surface area contributed by atoms with Crippen LogP contribution >= 0.6 is 11.8 Å². The number of anilines is 1. The number of amides is 2. The second-order valence-electron chi connectivity index (χ2n) is 6.43. The number of aromatic nitrogens is 3. The molecule has 0 saturated carbocycles. The molecule has 0 bridgehead atoms. The molecule has 9 heteroatoms. The number of thioether (sulfide) groups is 1. The summed E-state index contributed by atoms with van der Waals surface area (Å²) in [6.45, 7) is 0.821. The molecule has 0 radical (unpaired) electrons. The molecule has 3 aromatic rings. The standard InChI is InChI=1S/C19H19N5O3S/c25-17(12-15-18(26)21-13-6-1-2-7-14(13)28-15)20-9-5-11-24-19(27)23-10-4-3-8-16(23)22-24/h1-4,6-8,10,15H,5,9,11-12H2,(H,20,25)(H,21,26). The van der Waals surface area contributed by atoms with Gasteiger partial charge in [0, 0.05) is 30.6 Å². The molecule has 1 aliphatic rings. The van der Waals surface area contributed by atoms with Gasteiger partial charge in [-0.3, -0.25) is 14.0 Å². The van der Waals surface area contributed by atoms with Crippen LogP contribution in [0.3, 0.4) is 0 Å². The SMILES string of the molecule is O=C(CC1Sc2ccccc2NC1=O)NCCCn1nc2ccccn2c1=O. The van der Waals surface area contributed by atoms with Gasteiger partial charge in [0.15, 0.2) is 5.65 Å². The Morgan fingerprint density at radius 3 is 2.86 bits per heavy atom. The van der Waals surface area contributed by atoms with Gasteiger partial charge in [0.25, 0.3) is 0 Å². The summed E-state index contributed by atoms with van der Waals surface area (Å²) in [6.07, 6.45) is 2.36. The topological polar surface area (TPSA) is 97.5 Å². The van der Waals surface area contributed by atoms with Crippen LogP contribution in [0.1, 0.15) is 12.8 Å². The Hall–Kier alpha value is -3.07. The highest BCUT2D eigenvalue weighted by atomic mass is 32.2. The van der Waals surface area contributed by atoms with Crippen molar-refractivity contribution in [2.75, 3.05) is 11.9 Å². The van der Waals surface area contributed by atoms with Gasteiger partial charge in [0.2, 0.25) is 11.8 Å². The number of hydrogen-bond acceptors (Lipinski definition) is 5. The average molecular weight is 397 g/mol. The van der Waals surface area contributed by atoms with Crippen LogP contribution in [-0.2, 0) is 16.1 Å². The number of hydrogen-bond donors (Lipinski definition) is 2. The number of pyridine rings is 1. The third-order valence-corrected chi connectivity index (χ3v) is 5.71. The highest BCUT2D eigenvalue weighted by molar-refractivity contribution is 8.01. The number of carbonyl (C=O) groups excluding carboxylic acids is 2. The number of para-hydroxylation sites is 1. The van der Waals surface area contributed by atoms with Crippen molar-refractivity contribution in [2.45, 2.75) is 29.5 Å². The van der Waals surface area contributed by atoms with Gasteiger partial charge in [-0.25, -0.2) is 9.48 Å². The van der Waals surface area contributed by atoms with E-state index in [2.05, 4.69) is 15.7 Å². The van der Waals surface area contributed by atoms with E-state index >= 15 is 0 Å². The van der Waals surface area contributed by atoms with Crippen molar-refractivity contribution in [3.05, 3.63) is 59.1 Å². The molecule has 28 heavy (non-hydrogen) atoms. The second kappa shape index (κ2) is 7.89. The minimum absolute atomic E-state index is 0.110. The Labute approximate surface area is 164 Å². The molecule has 0 spiro atoms. The van der Waals surface area contributed by atoms with E-state index < -0.39 is 5.25 Å².